The summed E-state index contributed by atoms with van der Waals surface area (Å²) in [5.74, 6) is -0.379. The van der Waals surface area contributed by atoms with Gasteiger partial charge < -0.3 is 20.3 Å². The zero-order valence-electron chi connectivity index (χ0n) is 20.1. The van der Waals surface area contributed by atoms with Crippen LogP contribution < -0.4 is 15.4 Å². The molecule has 3 aromatic rings. The molecule has 1 aliphatic heterocycles. The van der Waals surface area contributed by atoms with E-state index in [2.05, 4.69) is 15.7 Å². The molecule has 9 nitrogen and oxygen atoms in total. The fourth-order valence-corrected chi connectivity index (χ4v) is 4.02. The van der Waals surface area contributed by atoms with E-state index in [9.17, 15) is 14.4 Å². The molecule has 0 unspecified atom stereocenters. The van der Waals surface area contributed by atoms with Crippen LogP contribution in [0, 0.1) is 0 Å². The lowest BCUT2D eigenvalue weighted by molar-refractivity contribution is -0.132. The summed E-state index contributed by atoms with van der Waals surface area (Å²) in [5.41, 5.74) is 1.02. The second-order valence-electron chi connectivity index (χ2n) is 8.60. The second-order valence-corrected chi connectivity index (χ2v) is 8.60. The van der Waals surface area contributed by atoms with Gasteiger partial charge in [-0.05, 0) is 25.5 Å². The Balaban J connectivity index is 1.47. The maximum absolute atomic E-state index is 13.1. The lowest BCUT2D eigenvalue weighted by Gasteiger charge is -2.40. The number of carbonyl (C=O) groups excluding carboxylic acids is 3. The lowest BCUT2D eigenvalue weighted by atomic mass is 9.96. The highest BCUT2D eigenvalue weighted by molar-refractivity contribution is 6.01. The van der Waals surface area contributed by atoms with Gasteiger partial charge in [0.15, 0.2) is 5.69 Å². The van der Waals surface area contributed by atoms with Crippen LogP contribution in [-0.2, 0) is 24.4 Å². The summed E-state index contributed by atoms with van der Waals surface area (Å²) in [5, 5.41) is 10.1. The summed E-state index contributed by atoms with van der Waals surface area (Å²) < 4.78 is 7.04. The molecule has 1 aromatic heterocycles. The number of hydrogen-bond acceptors (Lipinski definition) is 5. The van der Waals surface area contributed by atoms with Crippen molar-refractivity contribution in [2.75, 3.05) is 13.7 Å². The number of aromatic nitrogens is 2. The molecule has 0 aliphatic carbocycles. The van der Waals surface area contributed by atoms with Crippen LogP contribution in [0.25, 0.3) is 0 Å². The quantitative estimate of drug-likeness (QED) is 0.520. The largest absolute Gasteiger partial charge is 0.494 e. The van der Waals surface area contributed by atoms with Gasteiger partial charge in [0.2, 0.25) is 5.91 Å². The summed E-state index contributed by atoms with van der Waals surface area (Å²) in [4.78, 5) is 40.4. The molecular formula is C26H29N5O4. The number of carbonyl (C=O) groups is 3. The van der Waals surface area contributed by atoms with E-state index in [1.807, 2.05) is 61.5 Å². The Kier molecular flexibility index (Phi) is 6.86. The second kappa shape index (κ2) is 10.0. The predicted octanol–water partition coefficient (Wildman–Crippen LogP) is 2.37. The third-order valence-corrected chi connectivity index (χ3v) is 6.23. The van der Waals surface area contributed by atoms with Crippen molar-refractivity contribution in [3.05, 3.63) is 83.2 Å². The Morgan fingerprint density at radius 3 is 2.51 bits per heavy atom. The van der Waals surface area contributed by atoms with Crippen LogP contribution in [0.1, 0.15) is 46.0 Å². The molecule has 0 fully saturated rings. The number of benzene rings is 2. The molecule has 0 bridgehead atoms. The topological polar surface area (TPSA) is 106 Å². The predicted molar refractivity (Wildman–Crippen MR) is 130 cm³/mol. The Labute approximate surface area is 204 Å². The molecule has 2 heterocycles. The number of amides is 3. The van der Waals surface area contributed by atoms with Crippen LogP contribution in [-0.4, -0.2) is 51.6 Å². The smallest absolute Gasteiger partial charge is 0.272 e. The summed E-state index contributed by atoms with van der Waals surface area (Å²) in [6.07, 6.45) is 0. The van der Waals surface area contributed by atoms with Crippen molar-refractivity contribution in [2.45, 2.75) is 39.0 Å². The van der Waals surface area contributed by atoms with Crippen molar-refractivity contribution in [3.63, 3.8) is 0 Å². The average molecular weight is 476 g/mol. The van der Waals surface area contributed by atoms with Crippen LogP contribution >= 0.6 is 0 Å². The first-order chi connectivity index (χ1) is 16.8. The van der Waals surface area contributed by atoms with Crippen LogP contribution in [0.4, 0.5) is 0 Å². The van der Waals surface area contributed by atoms with E-state index in [4.69, 9.17) is 4.74 Å². The number of nitrogens with one attached hydrogen (secondary N) is 2. The van der Waals surface area contributed by atoms with Gasteiger partial charge in [-0.3, -0.25) is 19.1 Å². The molecule has 35 heavy (non-hydrogen) atoms. The molecule has 2 N–H and O–H groups in total. The SMILES string of the molecule is CCOc1ccccc1CNC(=O)c1cc2n(n1)C[C@@](C)(C(=O)NCc1ccccc1)N(C)C2=O. The van der Waals surface area contributed by atoms with Crippen molar-refractivity contribution in [2.24, 2.45) is 0 Å². The Hall–Kier alpha value is -4.14. The number of rotatable bonds is 8. The highest BCUT2D eigenvalue weighted by Gasteiger charge is 2.46. The van der Waals surface area contributed by atoms with Gasteiger partial charge in [0.25, 0.3) is 11.8 Å². The zero-order valence-corrected chi connectivity index (χ0v) is 20.1. The minimum atomic E-state index is -1.16. The van der Waals surface area contributed by atoms with Crippen LogP contribution in [0.15, 0.2) is 60.7 Å². The van der Waals surface area contributed by atoms with Crippen LogP contribution in [0.3, 0.4) is 0 Å². The zero-order chi connectivity index (χ0) is 25.0. The van der Waals surface area contributed by atoms with Gasteiger partial charge in [0.1, 0.15) is 17.0 Å². The minimum absolute atomic E-state index is 0.115. The molecule has 0 saturated heterocycles. The fraction of sp³-hybridized carbons (Fsp3) is 0.308. The molecule has 0 radical (unpaired) electrons. The normalized spacial score (nSPS) is 17.0. The number of para-hydroxylation sites is 1. The molecular weight excluding hydrogens is 446 g/mol. The van der Waals surface area contributed by atoms with Crippen molar-refractivity contribution in [3.8, 4) is 5.75 Å². The number of nitrogens with zero attached hydrogens (tertiary/aromatic N) is 3. The van der Waals surface area contributed by atoms with Crippen molar-refractivity contribution in [1.82, 2.24) is 25.3 Å². The molecule has 2 aromatic carbocycles. The highest BCUT2D eigenvalue weighted by atomic mass is 16.5. The van der Waals surface area contributed by atoms with Gasteiger partial charge in [-0.2, -0.15) is 5.10 Å². The van der Waals surface area contributed by atoms with E-state index >= 15 is 0 Å². The molecule has 1 aliphatic rings. The minimum Gasteiger partial charge on any atom is -0.494 e. The molecule has 9 heteroatoms. The molecule has 0 spiro atoms. The summed E-state index contributed by atoms with van der Waals surface area (Å²) in [6.45, 7) is 4.84. The highest BCUT2D eigenvalue weighted by Crippen LogP contribution is 2.26. The van der Waals surface area contributed by atoms with Crippen molar-refractivity contribution >= 4 is 17.7 Å². The van der Waals surface area contributed by atoms with Gasteiger partial charge in [0, 0.05) is 31.8 Å². The van der Waals surface area contributed by atoms with Crippen molar-refractivity contribution in [1.29, 1.82) is 0 Å². The molecule has 3 amide bonds. The lowest BCUT2D eigenvalue weighted by Crippen LogP contribution is -2.62. The molecule has 4 rings (SSSR count). The number of hydrogen-bond donors (Lipinski definition) is 2. The standard InChI is InChI=1S/C26H29N5O4/c1-4-35-22-13-9-8-12-19(22)16-27-23(32)20-14-21-24(33)30(3)26(2,17-31(21)29-20)25(34)28-15-18-10-6-5-7-11-18/h5-14H,4,15-17H2,1-3H3,(H,27,32)(H,28,34)/t26-/m0/s1. The van der Waals surface area contributed by atoms with Gasteiger partial charge in [-0.15, -0.1) is 0 Å². The van der Waals surface area contributed by atoms with E-state index in [0.717, 1.165) is 11.1 Å². The van der Waals surface area contributed by atoms with E-state index in [1.54, 1.807) is 14.0 Å². The Morgan fingerprint density at radius 1 is 1.06 bits per heavy atom. The first-order valence-corrected chi connectivity index (χ1v) is 11.5. The monoisotopic (exact) mass is 475 g/mol. The van der Waals surface area contributed by atoms with E-state index in [-0.39, 0.29) is 36.3 Å². The number of fused-ring (bicyclic) bond motifs is 1. The fourth-order valence-electron chi connectivity index (χ4n) is 4.02. The third-order valence-electron chi connectivity index (χ3n) is 6.23. The maximum atomic E-state index is 13.1. The average Bonchev–Trinajstić information content (AvgIpc) is 3.30. The van der Waals surface area contributed by atoms with E-state index in [1.165, 1.54) is 15.6 Å². The third kappa shape index (κ3) is 4.89. The van der Waals surface area contributed by atoms with Crippen LogP contribution in [0.2, 0.25) is 0 Å². The van der Waals surface area contributed by atoms with Gasteiger partial charge >= 0.3 is 0 Å². The molecule has 182 valence electrons. The number of likely N-dealkylation sites (N-methyl/N-ethyl adjacent to an activating group) is 1. The van der Waals surface area contributed by atoms with Gasteiger partial charge in [-0.1, -0.05) is 48.5 Å². The summed E-state index contributed by atoms with van der Waals surface area (Å²) in [6, 6.07) is 18.5. The summed E-state index contributed by atoms with van der Waals surface area (Å²) in [7, 11) is 1.59. The maximum Gasteiger partial charge on any atom is 0.272 e. The van der Waals surface area contributed by atoms with Gasteiger partial charge in [0.05, 0.1) is 13.2 Å². The van der Waals surface area contributed by atoms with Gasteiger partial charge in [-0.25, -0.2) is 0 Å². The summed E-state index contributed by atoms with van der Waals surface area (Å²) >= 11 is 0. The first kappa shape index (κ1) is 24.0. The molecule has 1 atom stereocenters. The van der Waals surface area contributed by atoms with E-state index in [0.29, 0.717) is 18.9 Å². The Morgan fingerprint density at radius 2 is 1.77 bits per heavy atom. The Bertz CT molecular complexity index is 1240. The molecule has 0 saturated carbocycles. The number of ether oxygens (including phenoxy) is 1. The first-order valence-electron chi connectivity index (χ1n) is 11.5. The van der Waals surface area contributed by atoms with E-state index < -0.39 is 11.4 Å². The van der Waals surface area contributed by atoms with Crippen LogP contribution in [0.5, 0.6) is 5.75 Å². The van der Waals surface area contributed by atoms with Crippen molar-refractivity contribution < 1.29 is 19.1 Å².